The van der Waals surface area contributed by atoms with Crippen molar-refractivity contribution in [2.45, 2.75) is 77.7 Å². The summed E-state index contributed by atoms with van der Waals surface area (Å²) in [5.41, 5.74) is 3.02. The van der Waals surface area contributed by atoms with Gasteiger partial charge in [0.05, 0.1) is 0 Å². The molecule has 0 unspecified atom stereocenters. The van der Waals surface area contributed by atoms with Crippen LogP contribution in [0.4, 0.5) is 0 Å². The molecule has 0 radical (unpaired) electrons. The second-order valence-corrected chi connectivity index (χ2v) is 8.87. The maximum Gasteiger partial charge on any atom is 0.220 e. The van der Waals surface area contributed by atoms with Gasteiger partial charge in [0.25, 0.3) is 0 Å². The van der Waals surface area contributed by atoms with Gasteiger partial charge in [-0.2, -0.15) is 0 Å². The smallest absolute Gasteiger partial charge is 0.220 e. The van der Waals surface area contributed by atoms with Gasteiger partial charge in [0.1, 0.15) is 0 Å². The Kier molecular flexibility index (Phi) is 7.66. The molecule has 0 spiro atoms. The van der Waals surface area contributed by atoms with Gasteiger partial charge >= 0.3 is 0 Å². The average molecular weight is 385 g/mol. The van der Waals surface area contributed by atoms with Crippen LogP contribution >= 0.6 is 0 Å². The minimum Gasteiger partial charge on any atom is -0.353 e. The van der Waals surface area contributed by atoms with E-state index in [-0.39, 0.29) is 30.6 Å². The van der Waals surface area contributed by atoms with E-state index in [1.54, 1.807) is 0 Å². The fourth-order valence-electron chi connectivity index (χ4n) is 4.58. The zero-order chi connectivity index (χ0) is 19.9. The van der Waals surface area contributed by atoms with Crippen molar-refractivity contribution in [1.82, 2.24) is 10.2 Å². The highest BCUT2D eigenvalue weighted by Crippen LogP contribution is 2.25. The second kappa shape index (κ2) is 10.2. The van der Waals surface area contributed by atoms with Crippen molar-refractivity contribution in [3.63, 3.8) is 0 Å². The Morgan fingerprint density at radius 2 is 1.68 bits per heavy atom. The Bertz CT molecular complexity index is 671. The van der Waals surface area contributed by atoms with Gasteiger partial charge in [0.15, 0.2) is 5.78 Å². The molecule has 2 aliphatic rings. The molecule has 0 bridgehead atoms. The van der Waals surface area contributed by atoms with Crippen LogP contribution in [-0.2, 0) is 4.79 Å². The number of nitrogens with zero attached hydrogens (tertiary/aromatic N) is 1. The Morgan fingerprint density at radius 1 is 0.964 bits per heavy atom. The maximum absolute atomic E-state index is 12.4. The number of likely N-dealkylation sites (tertiary alicyclic amines) is 1. The van der Waals surface area contributed by atoms with Gasteiger partial charge in [0.2, 0.25) is 5.91 Å². The lowest BCUT2D eigenvalue weighted by Crippen LogP contribution is -2.46. The van der Waals surface area contributed by atoms with Crippen LogP contribution < -0.4 is 5.32 Å². The summed E-state index contributed by atoms with van der Waals surface area (Å²) in [5.74, 6) is 0.958. The molecular weight excluding hydrogens is 348 g/mol. The Morgan fingerprint density at radius 3 is 2.36 bits per heavy atom. The number of piperidine rings is 1. The highest BCUT2D eigenvalue weighted by molar-refractivity contribution is 5.98. The van der Waals surface area contributed by atoms with Crippen molar-refractivity contribution in [2.24, 2.45) is 5.92 Å². The van der Waals surface area contributed by atoms with Crippen LogP contribution in [0, 0.1) is 19.8 Å². The largest absolute Gasteiger partial charge is 0.353 e. The monoisotopic (exact) mass is 384 g/mol. The van der Waals surface area contributed by atoms with E-state index in [9.17, 15) is 9.59 Å². The van der Waals surface area contributed by atoms with E-state index in [1.807, 2.05) is 32.0 Å². The molecule has 4 nitrogen and oxygen atoms in total. The number of hydrogen-bond acceptors (Lipinski definition) is 3. The quantitative estimate of drug-likeness (QED) is 0.708. The lowest BCUT2D eigenvalue weighted by molar-refractivity contribution is -0.122. The van der Waals surface area contributed by atoms with Crippen LogP contribution in [-0.4, -0.2) is 42.3 Å². The normalized spacial score (nSPS) is 19.5. The lowest BCUT2D eigenvalue weighted by atomic mass is 9.88. The number of rotatable bonds is 7. The predicted octanol–water partition coefficient (Wildman–Crippen LogP) is 4.43. The first-order valence-corrected chi connectivity index (χ1v) is 11.1. The molecule has 3 rings (SSSR count). The van der Waals surface area contributed by atoms with E-state index in [2.05, 4.69) is 10.2 Å². The van der Waals surface area contributed by atoms with Gasteiger partial charge in [0, 0.05) is 44.1 Å². The number of nitrogens with one attached hydrogen (secondary N) is 1. The van der Waals surface area contributed by atoms with E-state index in [0.717, 1.165) is 37.4 Å². The summed E-state index contributed by atoms with van der Waals surface area (Å²) in [4.78, 5) is 27.2. The number of benzene rings is 1. The molecule has 154 valence electrons. The molecule has 1 N–H and O–H groups in total. The number of amides is 1. The number of aryl methyl sites for hydroxylation is 2. The molecule has 28 heavy (non-hydrogen) atoms. The average Bonchev–Trinajstić information content (AvgIpc) is 2.70. The topological polar surface area (TPSA) is 49.4 Å². The molecule has 1 aromatic rings. The number of carbonyl (C=O) groups excluding carboxylic acids is 2. The Balaban J connectivity index is 1.35. The molecule has 1 amide bonds. The standard InChI is InChI=1S/C24H36N2O2/c1-18-8-9-21(16-19(18)2)23(27)10-11-24(28)25-22-12-14-26(15-13-22)17-20-6-4-3-5-7-20/h8-9,16,20,22H,3-7,10-15,17H2,1-2H3,(H,25,28). The van der Waals surface area contributed by atoms with E-state index in [0.29, 0.717) is 5.56 Å². The summed E-state index contributed by atoms with van der Waals surface area (Å²) >= 11 is 0. The van der Waals surface area contributed by atoms with E-state index >= 15 is 0 Å². The third kappa shape index (κ3) is 6.16. The van der Waals surface area contributed by atoms with Gasteiger partial charge in [-0.3, -0.25) is 9.59 Å². The first-order chi connectivity index (χ1) is 13.5. The van der Waals surface area contributed by atoms with Crippen molar-refractivity contribution in [2.75, 3.05) is 19.6 Å². The molecule has 0 aromatic heterocycles. The summed E-state index contributed by atoms with van der Waals surface area (Å²) in [6.45, 7) is 7.47. The van der Waals surface area contributed by atoms with Crippen molar-refractivity contribution < 1.29 is 9.59 Å². The fourth-order valence-corrected chi connectivity index (χ4v) is 4.58. The summed E-state index contributed by atoms with van der Waals surface area (Å²) < 4.78 is 0. The highest BCUT2D eigenvalue weighted by atomic mass is 16.2. The SMILES string of the molecule is Cc1ccc(C(=O)CCC(=O)NC2CCN(CC3CCCCC3)CC2)cc1C. The fraction of sp³-hybridized carbons (Fsp3) is 0.667. The minimum atomic E-state index is 0.0166. The van der Waals surface area contributed by atoms with E-state index in [4.69, 9.17) is 0 Å². The van der Waals surface area contributed by atoms with E-state index < -0.39 is 0 Å². The first-order valence-electron chi connectivity index (χ1n) is 11.1. The molecule has 2 fully saturated rings. The Labute approximate surface area is 170 Å². The molecule has 4 heteroatoms. The number of hydrogen-bond donors (Lipinski definition) is 1. The molecular formula is C24H36N2O2. The second-order valence-electron chi connectivity index (χ2n) is 8.87. The van der Waals surface area contributed by atoms with Gasteiger partial charge in [-0.05, 0) is 62.6 Å². The molecule has 1 aliphatic heterocycles. The van der Waals surface area contributed by atoms with E-state index in [1.165, 1.54) is 44.2 Å². The zero-order valence-electron chi connectivity index (χ0n) is 17.6. The van der Waals surface area contributed by atoms with Gasteiger partial charge in [-0.15, -0.1) is 0 Å². The van der Waals surface area contributed by atoms with Crippen LogP contribution in [0.5, 0.6) is 0 Å². The molecule has 1 aliphatic carbocycles. The Hall–Kier alpha value is -1.68. The van der Waals surface area contributed by atoms with Crippen LogP contribution in [0.3, 0.4) is 0 Å². The minimum absolute atomic E-state index is 0.0166. The summed E-state index contributed by atoms with van der Waals surface area (Å²) in [6.07, 6.45) is 9.64. The van der Waals surface area contributed by atoms with Crippen LogP contribution in [0.25, 0.3) is 0 Å². The van der Waals surface area contributed by atoms with Gasteiger partial charge in [-0.1, -0.05) is 31.4 Å². The third-order valence-electron chi connectivity index (χ3n) is 6.60. The number of ketones is 1. The molecule has 1 saturated heterocycles. The predicted molar refractivity (Wildman–Crippen MR) is 114 cm³/mol. The first kappa shape index (κ1) is 21.0. The lowest BCUT2D eigenvalue weighted by Gasteiger charge is -2.35. The molecule has 1 saturated carbocycles. The summed E-state index contributed by atoms with van der Waals surface area (Å²) in [7, 11) is 0. The van der Waals surface area contributed by atoms with Gasteiger partial charge < -0.3 is 10.2 Å². The van der Waals surface area contributed by atoms with Crippen LogP contribution in [0.15, 0.2) is 18.2 Å². The van der Waals surface area contributed by atoms with Crippen molar-refractivity contribution in [3.8, 4) is 0 Å². The third-order valence-corrected chi connectivity index (χ3v) is 6.60. The number of carbonyl (C=O) groups is 2. The number of Topliss-reactive ketones (excluding diaryl/α,β-unsaturated/α-hetero) is 1. The molecule has 1 aromatic carbocycles. The molecule has 0 atom stereocenters. The summed E-state index contributed by atoms with van der Waals surface area (Å²) in [6, 6.07) is 6.04. The van der Waals surface area contributed by atoms with Crippen molar-refractivity contribution in [1.29, 1.82) is 0 Å². The van der Waals surface area contributed by atoms with Crippen molar-refractivity contribution in [3.05, 3.63) is 34.9 Å². The highest BCUT2D eigenvalue weighted by Gasteiger charge is 2.23. The van der Waals surface area contributed by atoms with Gasteiger partial charge in [-0.25, -0.2) is 0 Å². The zero-order valence-corrected chi connectivity index (χ0v) is 17.6. The van der Waals surface area contributed by atoms with Crippen LogP contribution in [0.2, 0.25) is 0 Å². The van der Waals surface area contributed by atoms with Crippen LogP contribution in [0.1, 0.15) is 79.3 Å². The summed E-state index contributed by atoms with van der Waals surface area (Å²) in [5, 5.41) is 3.15. The van der Waals surface area contributed by atoms with Crippen molar-refractivity contribution >= 4 is 11.7 Å². The maximum atomic E-state index is 12.4. The molecule has 1 heterocycles.